The molecule has 0 amide bonds. The van der Waals surface area contributed by atoms with E-state index in [2.05, 4.69) is 26.1 Å². The van der Waals surface area contributed by atoms with Crippen molar-refractivity contribution in [3.8, 4) is 0 Å². The fourth-order valence-corrected chi connectivity index (χ4v) is 1.93. The zero-order valence-corrected chi connectivity index (χ0v) is 11.6. The van der Waals surface area contributed by atoms with Gasteiger partial charge in [-0.1, -0.05) is 6.92 Å². The highest BCUT2D eigenvalue weighted by atomic mass is 16.5. The van der Waals surface area contributed by atoms with E-state index >= 15 is 0 Å². The molecule has 0 aromatic carbocycles. The van der Waals surface area contributed by atoms with E-state index in [0.29, 0.717) is 12.6 Å². The van der Waals surface area contributed by atoms with E-state index in [1.807, 2.05) is 0 Å². The van der Waals surface area contributed by atoms with Gasteiger partial charge in [-0.05, 0) is 33.2 Å². The number of hydrogen-bond acceptors (Lipinski definition) is 4. The number of hydrogen-bond donors (Lipinski definition) is 1. The number of ether oxygens (including phenoxy) is 3. The lowest BCUT2D eigenvalue weighted by Crippen LogP contribution is -2.48. The zero-order valence-electron chi connectivity index (χ0n) is 11.6. The number of methoxy groups -OCH3 is 1. The van der Waals surface area contributed by atoms with Gasteiger partial charge in [0.25, 0.3) is 0 Å². The molecule has 17 heavy (non-hydrogen) atoms. The van der Waals surface area contributed by atoms with Crippen LogP contribution in [0.4, 0.5) is 0 Å². The maximum Gasteiger partial charge on any atom is 0.0961 e. The summed E-state index contributed by atoms with van der Waals surface area (Å²) in [5, 5.41) is 3.46. The molecule has 1 aliphatic rings. The first-order chi connectivity index (χ1) is 8.09. The molecule has 1 rings (SSSR count). The van der Waals surface area contributed by atoms with Crippen LogP contribution in [-0.4, -0.2) is 51.2 Å². The minimum absolute atomic E-state index is 0.108. The second-order valence-corrected chi connectivity index (χ2v) is 5.15. The molecule has 0 bridgehead atoms. The maximum atomic E-state index is 5.92. The van der Waals surface area contributed by atoms with Crippen molar-refractivity contribution in [3.05, 3.63) is 0 Å². The summed E-state index contributed by atoms with van der Waals surface area (Å²) >= 11 is 0. The summed E-state index contributed by atoms with van der Waals surface area (Å²) in [6.45, 7) is 9.52. The van der Waals surface area contributed by atoms with Gasteiger partial charge in [-0.3, -0.25) is 0 Å². The van der Waals surface area contributed by atoms with Crippen molar-refractivity contribution in [3.63, 3.8) is 0 Å². The van der Waals surface area contributed by atoms with Crippen LogP contribution in [-0.2, 0) is 14.2 Å². The van der Waals surface area contributed by atoms with Crippen molar-refractivity contribution in [1.82, 2.24) is 5.32 Å². The molecule has 2 unspecified atom stereocenters. The summed E-state index contributed by atoms with van der Waals surface area (Å²) in [7, 11) is 1.74. The molecule has 4 heteroatoms. The van der Waals surface area contributed by atoms with Gasteiger partial charge in [-0.2, -0.15) is 0 Å². The largest absolute Gasteiger partial charge is 0.379 e. The number of rotatable bonds is 7. The van der Waals surface area contributed by atoms with Crippen molar-refractivity contribution in [2.24, 2.45) is 0 Å². The van der Waals surface area contributed by atoms with Gasteiger partial charge in [0.2, 0.25) is 0 Å². The zero-order chi connectivity index (χ0) is 12.7. The Hall–Kier alpha value is -0.160. The van der Waals surface area contributed by atoms with Crippen LogP contribution in [0.5, 0.6) is 0 Å². The molecule has 1 heterocycles. The lowest BCUT2D eigenvalue weighted by molar-refractivity contribution is -0.0848. The average molecular weight is 245 g/mol. The Balaban J connectivity index is 2.28. The van der Waals surface area contributed by atoms with Gasteiger partial charge in [0.1, 0.15) is 0 Å². The molecule has 1 aliphatic heterocycles. The summed E-state index contributed by atoms with van der Waals surface area (Å²) < 4.78 is 16.8. The molecule has 1 N–H and O–H groups in total. The first kappa shape index (κ1) is 14.9. The fraction of sp³-hybridized carbons (Fsp3) is 1.00. The predicted octanol–water partition coefficient (Wildman–Crippen LogP) is 1.59. The van der Waals surface area contributed by atoms with Gasteiger partial charge in [0.15, 0.2) is 0 Å². The van der Waals surface area contributed by atoms with Crippen LogP contribution in [0.1, 0.15) is 33.6 Å². The molecule has 1 saturated heterocycles. The minimum atomic E-state index is -0.108. The molecule has 102 valence electrons. The third-order valence-electron chi connectivity index (χ3n) is 3.36. The monoisotopic (exact) mass is 245 g/mol. The first-order valence-electron chi connectivity index (χ1n) is 6.57. The van der Waals surface area contributed by atoms with Crippen LogP contribution < -0.4 is 5.32 Å². The molecular formula is C13H27NO3. The van der Waals surface area contributed by atoms with Gasteiger partial charge in [-0.15, -0.1) is 0 Å². The van der Waals surface area contributed by atoms with Crippen LogP contribution in [0.3, 0.4) is 0 Å². The molecule has 0 radical (unpaired) electrons. The van der Waals surface area contributed by atoms with Crippen LogP contribution in [0.2, 0.25) is 0 Å². The summed E-state index contributed by atoms with van der Waals surface area (Å²) in [5.41, 5.74) is -0.108. The lowest BCUT2D eigenvalue weighted by Gasteiger charge is -2.33. The number of nitrogens with one attached hydrogen (secondary N) is 1. The third-order valence-corrected chi connectivity index (χ3v) is 3.36. The highest BCUT2D eigenvalue weighted by Gasteiger charge is 2.26. The molecule has 0 aromatic heterocycles. The summed E-state index contributed by atoms with van der Waals surface area (Å²) in [6.07, 6.45) is 2.11. The summed E-state index contributed by atoms with van der Waals surface area (Å²) in [4.78, 5) is 0. The average Bonchev–Trinajstić information content (AvgIpc) is 2.31. The molecule has 0 aromatic rings. The second-order valence-electron chi connectivity index (χ2n) is 5.15. The van der Waals surface area contributed by atoms with E-state index in [0.717, 1.165) is 32.6 Å². The third kappa shape index (κ3) is 5.34. The van der Waals surface area contributed by atoms with E-state index in [4.69, 9.17) is 14.2 Å². The molecule has 4 nitrogen and oxygen atoms in total. The Morgan fingerprint density at radius 3 is 2.82 bits per heavy atom. The van der Waals surface area contributed by atoms with Gasteiger partial charge in [0.05, 0.1) is 18.3 Å². The Kier molecular flexibility index (Phi) is 6.41. The van der Waals surface area contributed by atoms with Gasteiger partial charge in [-0.25, -0.2) is 0 Å². The van der Waals surface area contributed by atoms with Crippen molar-refractivity contribution in [2.75, 3.05) is 33.5 Å². The minimum Gasteiger partial charge on any atom is -0.379 e. The van der Waals surface area contributed by atoms with Crippen LogP contribution in [0, 0.1) is 0 Å². The van der Waals surface area contributed by atoms with Gasteiger partial charge < -0.3 is 19.5 Å². The highest BCUT2D eigenvalue weighted by molar-refractivity contribution is 4.80. The molecule has 0 aliphatic carbocycles. The molecule has 1 fully saturated rings. The van der Waals surface area contributed by atoms with E-state index in [-0.39, 0.29) is 11.7 Å². The van der Waals surface area contributed by atoms with E-state index in [1.165, 1.54) is 0 Å². The molecule has 0 saturated carbocycles. The predicted molar refractivity (Wildman–Crippen MR) is 68.3 cm³/mol. The van der Waals surface area contributed by atoms with Crippen molar-refractivity contribution in [2.45, 2.75) is 51.4 Å². The van der Waals surface area contributed by atoms with Crippen LogP contribution >= 0.6 is 0 Å². The second kappa shape index (κ2) is 7.31. The van der Waals surface area contributed by atoms with Crippen molar-refractivity contribution >= 4 is 0 Å². The van der Waals surface area contributed by atoms with Crippen molar-refractivity contribution in [1.29, 1.82) is 0 Å². The molecular weight excluding hydrogens is 218 g/mol. The smallest absolute Gasteiger partial charge is 0.0961 e. The quantitative estimate of drug-likeness (QED) is 0.739. The van der Waals surface area contributed by atoms with Crippen molar-refractivity contribution < 1.29 is 14.2 Å². The van der Waals surface area contributed by atoms with E-state index < -0.39 is 0 Å². The van der Waals surface area contributed by atoms with Crippen LogP contribution in [0.25, 0.3) is 0 Å². The van der Waals surface area contributed by atoms with Gasteiger partial charge in [0, 0.05) is 26.4 Å². The fourth-order valence-electron chi connectivity index (χ4n) is 1.93. The van der Waals surface area contributed by atoms with Crippen LogP contribution in [0.15, 0.2) is 0 Å². The van der Waals surface area contributed by atoms with E-state index in [1.54, 1.807) is 7.11 Å². The summed E-state index contributed by atoms with van der Waals surface area (Å²) in [6, 6.07) is 0.430. The standard InChI is InChI=1S/C13H27NO3/c1-5-14-11-6-8-16-10-12(11)17-9-7-13(2,3)15-4/h11-12,14H,5-10H2,1-4H3. The van der Waals surface area contributed by atoms with Gasteiger partial charge >= 0.3 is 0 Å². The Morgan fingerprint density at radius 2 is 2.18 bits per heavy atom. The summed E-state index contributed by atoms with van der Waals surface area (Å²) in [5.74, 6) is 0. The lowest BCUT2D eigenvalue weighted by atomic mass is 10.0. The molecule has 2 atom stereocenters. The topological polar surface area (TPSA) is 39.7 Å². The highest BCUT2D eigenvalue weighted by Crippen LogP contribution is 2.16. The Labute approximate surface area is 105 Å². The Morgan fingerprint density at radius 1 is 1.41 bits per heavy atom. The maximum absolute atomic E-state index is 5.92. The SMILES string of the molecule is CCNC1CCOCC1OCCC(C)(C)OC. The first-order valence-corrected chi connectivity index (χ1v) is 6.57. The Bertz CT molecular complexity index is 207. The number of likely N-dealkylation sites (N-methyl/N-ethyl adjacent to an activating group) is 1. The normalized spacial score (nSPS) is 26.1. The van der Waals surface area contributed by atoms with E-state index in [9.17, 15) is 0 Å². The molecule has 0 spiro atoms.